The molecule has 0 bridgehead atoms. The number of ether oxygens (including phenoxy) is 5. The normalized spacial score (nSPS) is 10.8. The van der Waals surface area contributed by atoms with Crippen LogP contribution in [0.5, 0.6) is 23.0 Å². The molecule has 0 unspecified atom stereocenters. The summed E-state index contributed by atoms with van der Waals surface area (Å²) in [6.07, 6.45) is 2.20. The molecule has 15 heteroatoms. The summed E-state index contributed by atoms with van der Waals surface area (Å²) in [5.74, 6) is -3.64. The Bertz CT molecular complexity index is 1190. The second-order valence-electron chi connectivity index (χ2n) is 7.22. The maximum absolute atomic E-state index is 11.9. The highest BCUT2D eigenvalue weighted by Gasteiger charge is 2.21. The van der Waals surface area contributed by atoms with Crippen molar-refractivity contribution in [3.63, 3.8) is 0 Å². The molecule has 0 heterocycles. The Morgan fingerprint density at radius 1 is 0.692 bits per heavy atom. The average molecular weight is 546 g/mol. The van der Waals surface area contributed by atoms with E-state index in [1.54, 1.807) is 0 Å². The van der Waals surface area contributed by atoms with Gasteiger partial charge in [0.25, 0.3) is 11.8 Å². The standard InChI is InChI=1S/C24H26N4O11/c1-35-15-7-5-13(19(23(31)32)21(15)37-3)9-25-27-17(29)11-39-12-18(30)28-26-10-14-6-8-16(36-2)22(38-4)20(14)24(33)34/h5-10H,11-12H2,1-4H3,(H,27,29)(H,28,30)(H,31,32)(H,33,34)/b25-9+,26-10+. The number of amides is 2. The molecule has 208 valence electrons. The molecule has 0 spiro atoms. The van der Waals surface area contributed by atoms with E-state index in [1.165, 1.54) is 52.7 Å². The first-order valence-corrected chi connectivity index (χ1v) is 10.9. The molecule has 39 heavy (non-hydrogen) atoms. The van der Waals surface area contributed by atoms with Crippen LogP contribution in [0.3, 0.4) is 0 Å². The van der Waals surface area contributed by atoms with Gasteiger partial charge in [0.15, 0.2) is 23.0 Å². The average Bonchev–Trinajstić information content (AvgIpc) is 2.91. The maximum Gasteiger partial charge on any atom is 0.340 e. The highest BCUT2D eigenvalue weighted by molar-refractivity contribution is 6.02. The van der Waals surface area contributed by atoms with Crippen molar-refractivity contribution in [3.8, 4) is 23.0 Å². The van der Waals surface area contributed by atoms with Gasteiger partial charge in [0.05, 0.1) is 40.9 Å². The Hall–Kier alpha value is -5.18. The second-order valence-corrected chi connectivity index (χ2v) is 7.22. The zero-order valence-electron chi connectivity index (χ0n) is 21.3. The van der Waals surface area contributed by atoms with E-state index in [-0.39, 0.29) is 45.3 Å². The van der Waals surface area contributed by atoms with Crippen molar-refractivity contribution in [1.82, 2.24) is 10.9 Å². The van der Waals surface area contributed by atoms with Crippen LogP contribution in [0.2, 0.25) is 0 Å². The van der Waals surface area contributed by atoms with Crippen LogP contribution in [0.25, 0.3) is 0 Å². The summed E-state index contributed by atoms with van der Waals surface area (Å²) >= 11 is 0. The lowest BCUT2D eigenvalue weighted by Gasteiger charge is -2.12. The topological polar surface area (TPSA) is 204 Å². The Balaban J connectivity index is 1.90. The summed E-state index contributed by atoms with van der Waals surface area (Å²) in [5.41, 5.74) is 4.12. The van der Waals surface area contributed by atoms with Crippen LogP contribution in [-0.2, 0) is 14.3 Å². The van der Waals surface area contributed by atoms with Gasteiger partial charge >= 0.3 is 11.9 Å². The molecule has 2 rings (SSSR count). The van der Waals surface area contributed by atoms with Gasteiger partial charge in [-0.1, -0.05) is 0 Å². The third kappa shape index (κ3) is 7.90. The fourth-order valence-electron chi connectivity index (χ4n) is 3.19. The van der Waals surface area contributed by atoms with Gasteiger partial charge in [0.2, 0.25) is 0 Å². The van der Waals surface area contributed by atoms with Crippen molar-refractivity contribution in [2.75, 3.05) is 41.7 Å². The number of hydrazone groups is 2. The van der Waals surface area contributed by atoms with Gasteiger partial charge in [-0.05, 0) is 24.3 Å². The van der Waals surface area contributed by atoms with Gasteiger partial charge in [-0.2, -0.15) is 10.2 Å². The largest absolute Gasteiger partial charge is 0.493 e. The van der Waals surface area contributed by atoms with Crippen molar-refractivity contribution < 1.29 is 53.1 Å². The van der Waals surface area contributed by atoms with E-state index in [4.69, 9.17) is 23.7 Å². The first-order chi connectivity index (χ1) is 18.7. The van der Waals surface area contributed by atoms with E-state index < -0.39 is 37.0 Å². The minimum atomic E-state index is -1.29. The molecule has 4 N–H and O–H groups in total. The maximum atomic E-state index is 11.9. The molecule has 2 amide bonds. The van der Waals surface area contributed by atoms with E-state index in [2.05, 4.69) is 21.1 Å². The molecule has 0 aliphatic carbocycles. The lowest BCUT2D eigenvalue weighted by molar-refractivity contribution is -0.130. The van der Waals surface area contributed by atoms with Crippen molar-refractivity contribution in [1.29, 1.82) is 0 Å². The van der Waals surface area contributed by atoms with Crippen molar-refractivity contribution >= 4 is 36.2 Å². The smallest absolute Gasteiger partial charge is 0.340 e. The van der Waals surface area contributed by atoms with Crippen molar-refractivity contribution in [2.24, 2.45) is 10.2 Å². The summed E-state index contributed by atoms with van der Waals surface area (Å²) in [5, 5.41) is 26.4. The van der Waals surface area contributed by atoms with Crippen LogP contribution in [0, 0.1) is 0 Å². The fraction of sp³-hybridized carbons (Fsp3) is 0.250. The van der Waals surface area contributed by atoms with E-state index in [9.17, 15) is 29.4 Å². The minimum absolute atomic E-state index is 0.0115. The Morgan fingerprint density at radius 2 is 1.08 bits per heavy atom. The summed E-state index contributed by atoms with van der Waals surface area (Å²) in [6.45, 7) is -1.10. The van der Waals surface area contributed by atoms with Gasteiger partial charge in [-0.25, -0.2) is 20.4 Å². The van der Waals surface area contributed by atoms with Gasteiger partial charge in [0.1, 0.15) is 24.3 Å². The number of nitrogens with zero attached hydrogens (tertiary/aromatic N) is 2. The quantitative estimate of drug-likeness (QED) is 0.192. The minimum Gasteiger partial charge on any atom is -0.493 e. The summed E-state index contributed by atoms with van der Waals surface area (Å²) in [6, 6.07) is 5.80. The van der Waals surface area contributed by atoms with Gasteiger partial charge < -0.3 is 33.9 Å². The Labute approximate surface area is 222 Å². The Morgan fingerprint density at radius 3 is 1.38 bits per heavy atom. The molecule has 0 aliphatic rings. The molecule has 0 aromatic heterocycles. The van der Waals surface area contributed by atoms with Crippen LogP contribution >= 0.6 is 0 Å². The molecule has 0 aliphatic heterocycles. The predicted molar refractivity (Wildman–Crippen MR) is 135 cm³/mol. The molecule has 2 aromatic rings. The van der Waals surface area contributed by atoms with Crippen molar-refractivity contribution in [2.45, 2.75) is 0 Å². The first-order valence-electron chi connectivity index (χ1n) is 10.9. The van der Waals surface area contributed by atoms with Crippen LogP contribution in [-0.4, -0.2) is 88.0 Å². The number of carbonyl (C=O) groups excluding carboxylic acids is 2. The fourth-order valence-corrected chi connectivity index (χ4v) is 3.19. The van der Waals surface area contributed by atoms with Crippen LogP contribution < -0.4 is 29.8 Å². The number of carbonyl (C=O) groups is 4. The number of nitrogens with one attached hydrogen (secondary N) is 2. The first kappa shape index (κ1) is 30.0. The highest BCUT2D eigenvalue weighted by Crippen LogP contribution is 2.33. The third-order valence-electron chi connectivity index (χ3n) is 4.84. The van der Waals surface area contributed by atoms with E-state index in [0.29, 0.717) is 0 Å². The molecular weight excluding hydrogens is 520 g/mol. The number of hydrogen-bond donors (Lipinski definition) is 4. The number of aromatic carboxylic acids is 2. The van der Waals surface area contributed by atoms with E-state index in [0.717, 1.165) is 12.4 Å². The van der Waals surface area contributed by atoms with E-state index >= 15 is 0 Å². The third-order valence-corrected chi connectivity index (χ3v) is 4.84. The number of carboxylic acids is 2. The Kier molecular flexibility index (Phi) is 11.2. The number of benzene rings is 2. The molecule has 0 atom stereocenters. The predicted octanol–water partition coefficient (Wildman–Crippen LogP) is 0.734. The molecular formula is C24H26N4O11. The van der Waals surface area contributed by atoms with Gasteiger partial charge in [-0.15, -0.1) is 0 Å². The number of methoxy groups -OCH3 is 4. The zero-order valence-corrected chi connectivity index (χ0v) is 21.3. The molecule has 0 radical (unpaired) electrons. The van der Waals surface area contributed by atoms with Gasteiger partial charge in [-0.3, -0.25) is 9.59 Å². The van der Waals surface area contributed by atoms with Crippen LogP contribution in [0.4, 0.5) is 0 Å². The van der Waals surface area contributed by atoms with Crippen LogP contribution in [0.15, 0.2) is 34.5 Å². The lowest BCUT2D eigenvalue weighted by Crippen LogP contribution is -2.28. The van der Waals surface area contributed by atoms with Crippen LogP contribution in [0.1, 0.15) is 31.8 Å². The molecule has 2 aromatic carbocycles. The molecule has 0 saturated heterocycles. The number of carboxylic acid groups (broad SMARTS) is 2. The highest BCUT2D eigenvalue weighted by atomic mass is 16.5. The summed E-state index contributed by atoms with van der Waals surface area (Å²) in [7, 11) is 5.29. The number of hydrogen-bond acceptors (Lipinski definition) is 11. The molecule has 15 nitrogen and oxygen atoms in total. The molecule has 0 fully saturated rings. The SMILES string of the molecule is COc1ccc(/C=N/NC(=O)COCC(=O)N/N=C/c2ccc(OC)c(OC)c2C(=O)O)c(C(=O)O)c1OC. The second kappa shape index (κ2) is 14.5. The summed E-state index contributed by atoms with van der Waals surface area (Å²) in [4.78, 5) is 47.1. The van der Waals surface area contributed by atoms with Gasteiger partial charge in [0, 0.05) is 11.1 Å². The lowest BCUT2D eigenvalue weighted by atomic mass is 10.1. The summed E-state index contributed by atoms with van der Waals surface area (Å²) < 4.78 is 25.3. The van der Waals surface area contributed by atoms with E-state index in [1.807, 2.05) is 0 Å². The zero-order chi connectivity index (χ0) is 28.9. The molecule has 0 saturated carbocycles. The number of rotatable bonds is 14. The van der Waals surface area contributed by atoms with Crippen molar-refractivity contribution in [3.05, 3.63) is 46.5 Å². The monoisotopic (exact) mass is 546 g/mol.